The van der Waals surface area contributed by atoms with E-state index in [9.17, 15) is 18.7 Å². The van der Waals surface area contributed by atoms with Gasteiger partial charge in [-0.3, -0.25) is 4.90 Å². The van der Waals surface area contributed by atoms with E-state index < -0.39 is 43.2 Å². The first kappa shape index (κ1) is 14.4. The van der Waals surface area contributed by atoms with Crippen LogP contribution in [0.1, 0.15) is 6.42 Å². The number of halogens is 2. The van der Waals surface area contributed by atoms with Crippen molar-refractivity contribution in [2.45, 2.75) is 37.0 Å². The zero-order chi connectivity index (χ0) is 14.2. The number of amides is 2. The van der Waals surface area contributed by atoms with Crippen LogP contribution in [0.2, 0.25) is 0 Å². The Morgan fingerprint density at radius 2 is 2.32 bits per heavy atom. The number of carbonyl (C=O) groups excluding carboxylic acids is 1. The fourth-order valence-corrected chi connectivity index (χ4v) is 2.20. The molecule has 110 valence electrons. The van der Waals surface area contributed by atoms with Gasteiger partial charge in [0.05, 0.1) is 6.61 Å². The number of rotatable bonds is 3. The molecule has 0 bridgehead atoms. The first-order chi connectivity index (χ1) is 8.91. The maximum absolute atomic E-state index is 13.8. The molecule has 2 aliphatic heterocycles. The summed E-state index contributed by atoms with van der Waals surface area (Å²) in [6.45, 7) is -0.737. The number of nitrogens with zero attached hydrogens (tertiary/aromatic N) is 1. The fourth-order valence-electron chi connectivity index (χ4n) is 2.20. The molecule has 2 amide bonds. The van der Waals surface area contributed by atoms with Crippen LogP contribution in [0.5, 0.6) is 0 Å². The molecule has 2 aliphatic rings. The molecule has 0 aliphatic carbocycles. The van der Waals surface area contributed by atoms with E-state index in [4.69, 9.17) is 14.6 Å². The van der Waals surface area contributed by atoms with E-state index in [0.717, 1.165) is 4.90 Å². The van der Waals surface area contributed by atoms with Crippen molar-refractivity contribution in [3.05, 3.63) is 0 Å². The third-order valence-corrected chi connectivity index (χ3v) is 3.30. The third kappa shape index (κ3) is 2.38. The third-order valence-electron chi connectivity index (χ3n) is 3.30. The van der Waals surface area contributed by atoms with Crippen LogP contribution in [0.4, 0.5) is 13.6 Å². The van der Waals surface area contributed by atoms with Gasteiger partial charge >= 0.3 is 12.0 Å². The Bertz CT molecular complexity index is 357. The average molecular weight is 282 g/mol. The van der Waals surface area contributed by atoms with Crippen LogP contribution in [-0.4, -0.2) is 72.0 Å². The van der Waals surface area contributed by atoms with E-state index in [1.807, 2.05) is 0 Å². The molecule has 0 aromatic carbocycles. The van der Waals surface area contributed by atoms with Gasteiger partial charge in [-0.15, -0.1) is 0 Å². The lowest BCUT2D eigenvalue weighted by molar-refractivity contribution is -0.160. The summed E-state index contributed by atoms with van der Waals surface area (Å²) >= 11 is 0. The van der Waals surface area contributed by atoms with E-state index in [2.05, 4.69) is 5.32 Å². The molecule has 19 heavy (non-hydrogen) atoms. The van der Waals surface area contributed by atoms with Crippen molar-refractivity contribution in [1.82, 2.24) is 10.2 Å². The predicted octanol–water partition coefficient (Wildman–Crippen LogP) is -0.912. The molecular weight excluding hydrogens is 266 g/mol. The summed E-state index contributed by atoms with van der Waals surface area (Å²) in [6.07, 6.45) is -5.66. The number of urea groups is 1. The topological polar surface area (TPSA) is 91.3 Å². The minimum atomic E-state index is -3.63. The molecule has 2 fully saturated rings. The summed E-state index contributed by atoms with van der Waals surface area (Å²) in [7, 11) is 1.40. The zero-order valence-corrected chi connectivity index (χ0v) is 10.3. The molecule has 3 N–H and O–H groups in total. The molecule has 2 saturated heterocycles. The Morgan fingerprint density at radius 1 is 1.63 bits per heavy atom. The van der Waals surface area contributed by atoms with Gasteiger partial charge in [0.1, 0.15) is 12.3 Å². The Labute approximate surface area is 108 Å². The average Bonchev–Trinajstić information content (AvgIpc) is 2.61. The normalized spacial score (nSPS) is 38.4. The second-order valence-corrected chi connectivity index (χ2v) is 4.48. The number of alkyl halides is 2. The highest BCUT2D eigenvalue weighted by molar-refractivity contribution is 5.75. The number of aliphatic hydroxyl groups excluding tert-OH is 2. The van der Waals surface area contributed by atoms with Gasteiger partial charge in [-0.2, -0.15) is 8.78 Å². The number of nitrogens with one attached hydrogen (secondary N) is 1. The lowest BCUT2D eigenvalue weighted by Gasteiger charge is -2.37. The molecule has 2 rings (SSSR count). The largest absolute Gasteiger partial charge is 0.394 e. The minimum absolute atomic E-state index is 0.00939. The first-order valence-corrected chi connectivity index (χ1v) is 5.84. The van der Waals surface area contributed by atoms with Crippen molar-refractivity contribution < 1.29 is 33.3 Å². The molecule has 0 aromatic rings. The summed E-state index contributed by atoms with van der Waals surface area (Å²) in [5.74, 6) is -3.63. The Morgan fingerprint density at radius 3 is 2.79 bits per heavy atom. The highest BCUT2D eigenvalue weighted by Gasteiger charge is 2.61. The van der Waals surface area contributed by atoms with Crippen molar-refractivity contribution in [1.29, 1.82) is 0 Å². The van der Waals surface area contributed by atoms with Crippen molar-refractivity contribution in [3.8, 4) is 0 Å². The summed E-state index contributed by atoms with van der Waals surface area (Å²) in [6, 6.07) is -0.756. The predicted molar refractivity (Wildman–Crippen MR) is 57.4 cm³/mol. The van der Waals surface area contributed by atoms with Crippen molar-refractivity contribution in [2.75, 3.05) is 20.3 Å². The quantitative estimate of drug-likeness (QED) is 0.623. The van der Waals surface area contributed by atoms with Gasteiger partial charge in [0.15, 0.2) is 6.10 Å². The van der Waals surface area contributed by atoms with Gasteiger partial charge in [-0.25, -0.2) is 4.79 Å². The van der Waals surface area contributed by atoms with Gasteiger partial charge in [-0.05, 0) is 0 Å². The summed E-state index contributed by atoms with van der Waals surface area (Å²) < 4.78 is 37.5. The van der Waals surface area contributed by atoms with Gasteiger partial charge < -0.3 is 25.0 Å². The number of carbonyl (C=O) groups is 1. The zero-order valence-electron chi connectivity index (χ0n) is 10.3. The SMILES string of the molecule is COC1CCN([C@@H]2O[C@H](CO)[C@@H](O)C2(F)F)C(=O)N1. The molecular formula is C10H16F2N2O5. The highest BCUT2D eigenvalue weighted by atomic mass is 19.3. The van der Waals surface area contributed by atoms with E-state index in [0.29, 0.717) is 6.42 Å². The van der Waals surface area contributed by atoms with Crippen LogP contribution in [0.25, 0.3) is 0 Å². The Kier molecular flexibility index (Phi) is 3.90. The maximum atomic E-state index is 13.8. The molecule has 0 radical (unpaired) electrons. The monoisotopic (exact) mass is 282 g/mol. The number of hydrogen-bond donors (Lipinski definition) is 3. The maximum Gasteiger partial charge on any atom is 0.321 e. The van der Waals surface area contributed by atoms with Crippen LogP contribution >= 0.6 is 0 Å². The standard InChI is InChI=1S/C10H16F2N2O5/c1-18-6-2-3-14(9(17)13-6)8-10(11,12)7(16)5(4-15)19-8/h5-8,15-16H,2-4H2,1H3,(H,13,17)/t5-,6?,7-,8-/m1/s1. The molecule has 9 heteroatoms. The van der Waals surface area contributed by atoms with E-state index in [-0.39, 0.29) is 6.54 Å². The molecule has 4 atom stereocenters. The van der Waals surface area contributed by atoms with Crippen molar-refractivity contribution >= 4 is 6.03 Å². The van der Waals surface area contributed by atoms with Crippen molar-refractivity contribution in [3.63, 3.8) is 0 Å². The number of aliphatic hydroxyl groups is 2. The Balaban J connectivity index is 2.12. The number of hydrogen-bond acceptors (Lipinski definition) is 5. The van der Waals surface area contributed by atoms with Gasteiger partial charge in [-0.1, -0.05) is 0 Å². The Hall–Kier alpha value is -1.03. The fraction of sp³-hybridized carbons (Fsp3) is 0.900. The second kappa shape index (κ2) is 5.16. The number of methoxy groups -OCH3 is 1. The first-order valence-electron chi connectivity index (χ1n) is 5.84. The van der Waals surface area contributed by atoms with Gasteiger partial charge in [0, 0.05) is 20.1 Å². The van der Waals surface area contributed by atoms with E-state index in [1.54, 1.807) is 0 Å². The molecule has 1 unspecified atom stereocenters. The van der Waals surface area contributed by atoms with E-state index in [1.165, 1.54) is 7.11 Å². The minimum Gasteiger partial charge on any atom is -0.394 e. The van der Waals surface area contributed by atoms with Gasteiger partial charge in [0.2, 0.25) is 6.23 Å². The molecule has 0 aromatic heterocycles. The number of ether oxygens (including phenoxy) is 2. The smallest absolute Gasteiger partial charge is 0.321 e. The summed E-state index contributed by atoms with van der Waals surface area (Å²) in [4.78, 5) is 12.5. The van der Waals surface area contributed by atoms with Crippen LogP contribution < -0.4 is 5.32 Å². The van der Waals surface area contributed by atoms with Crippen LogP contribution in [0, 0.1) is 0 Å². The lowest BCUT2D eigenvalue weighted by atomic mass is 10.1. The molecule has 2 heterocycles. The van der Waals surface area contributed by atoms with Gasteiger partial charge in [0.25, 0.3) is 0 Å². The highest BCUT2D eigenvalue weighted by Crippen LogP contribution is 2.38. The van der Waals surface area contributed by atoms with E-state index >= 15 is 0 Å². The molecule has 7 nitrogen and oxygen atoms in total. The van der Waals surface area contributed by atoms with Crippen molar-refractivity contribution in [2.24, 2.45) is 0 Å². The molecule has 0 spiro atoms. The summed E-state index contributed by atoms with van der Waals surface area (Å²) in [5, 5.41) is 20.6. The van der Waals surface area contributed by atoms with Crippen LogP contribution in [0.15, 0.2) is 0 Å². The lowest BCUT2D eigenvalue weighted by Crippen LogP contribution is -2.60. The second-order valence-electron chi connectivity index (χ2n) is 4.48. The van der Waals surface area contributed by atoms with Crippen LogP contribution in [0.3, 0.4) is 0 Å². The van der Waals surface area contributed by atoms with Crippen LogP contribution in [-0.2, 0) is 9.47 Å². The summed E-state index contributed by atoms with van der Waals surface area (Å²) in [5.41, 5.74) is 0. The molecule has 0 saturated carbocycles.